The van der Waals surface area contributed by atoms with Crippen molar-refractivity contribution in [3.8, 4) is 11.1 Å². The molecule has 0 aliphatic carbocycles. The molecular weight excluding hydrogens is 372 g/mol. The first-order chi connectivity index (χ1) is 12.5. The Kier molecular flexibility index (Phi) is 5.37. The Labute approximate surface area is 156 Å². The van der Waals surface area contributed by atoms with Gasteiger partial charge in [0.15, 0.2) is 0 Å². The fraction of sp³-hybridized carbons (Fsp3) is 0. The number of hydrazine groups is 1. The van der Waals surface area contributed by atoms with E-state index >= 15 is 0 Å². The lowest BCUT2D eigenvalue weighted by Crippen LogP contribution is -2.41. The summed E-state index contributed by atoms with van der Waals surface area (Å²) in [7, 11) is -3.87. The van der Waals surface area contributed by atoms with Crippen LogP contribution < -0.4 is 10.3 Å². The van der Waals surface area contributed by atoms with E-state index < -0.39 is 15.9 Å². The summed E-state index contributed by atoms with van der Waals surface area (Å²) < 4.78 is 24.3. The summed E-state index contributed by atoms with van der Waals surface area (Å²) in [5.41, 5.74) is 4.53. The normalized spacial score (nSPS) is 11.1. The molecule has 0 radical (unpaired) electrons. The second-order valence-electron chi connectivity index (χ2n) is 5.46. The van der Waals surface area contributed by atoms with Crippen LogP contribution in [-0.4, -0.2) is 14.3 Å². The predicted octanol–water partition coefficient (Wildman–Crippen LogP) is 3.63. The number of halogens is 1. The first-order valence-corrected chi connectivity index (χ1v) is 9.55. The Hall–Kier alpha value is -2.67. The minimum Gasteiger partial charge on any atom is -0.273 e. The van der Waals surface area contributed by atoms with Gasteiger partial charge in [-0.15, -0.1) is 4.83 Å². The van der Waals surface area contributed by atoms with Crippen LogP contribution in [0.1, 0.15) is 10.4 Å². The molecule has 0 heterocycles. The van der Waals surface area contributed by atoms with E-state index in [-0.39, 0.29) is 4.90 Å². The fourth-order valence-electron chi connectivity index (χ4n) is 2.30. The number of carbonyl (C=O) groups is 1. The molecule has 2 N–H and O–H groups in total. The maximum atomic E-state index is 12.2. The van der Waals surface area contributed by atoms with E-state index in [0.29, 0.717) is 10.6 Å². The highest BCUT2D eigenvalue weighted by molar-refractivity contribution is 7.89. The molecule has 0 unspecified atom stereocenters. The van der Waals surface area contributed by atoms with Crippen LogP contribution in [0.15, 0.2) is 83.8 Å². The zero-order valence-electron chi connectivity index (χ0n) is 13.5. The number of rotatable bonds is 5. The zero-order valence-corrected chi connectivity index (χ0v) is 15.1. The van der Waals surface area contributed by atoms with Crippen molar-refractivity contribution in [3.05, 3.63) is 89.4 Å². The topological polar surface area (TPSA) is 75.3 Å². The van der Waals surface area contributed by atoms with Gasteiger partial charge in [0.1, 0.15) is 0 Å². The molecule has 3 rings (SSSR count). The summed E-state index contributed by atoms with van der Waals surface area (Å²) in [6.45, 7) is 0. The van der Waals surface area contributed by atoms with Crippen LogP contribution in [0.25, 0.3) is 11.1 Å². The first-order valence-electron chi connectivity index (χ1n) is 7.69. The second-order valence-corrected chi connectivity index (χ2v) is 7.58. The largest absolute Gasteiger partial charge is 0.273 e. The van der Waals surface area contributed by atoms with Crippen molar-refractivity contribution in [3.63, 3.8) is 0 Å². The molecule has 0 spiro atoms. The van der Waals surface area contributed by atoms with Gasteiger partial charge in [0.05, 0.1) is 4.90 Å². The number of carbonyl (C=O) groups excluding carboxylic acids is 1. The van der Waals surface area contributed by atoms with Crippen molar-refractivity contribution in [2.24, 2.45) is 0 Å². The highest BCUT2D eigenvalue weighted by atomic mass is 35.5. The number of amides is 1. The van der Waals surface area contributed by atoms with Gasteiger partial charge in [-0.3, -0.25) is 10.2 Å². The molecule has 0 bridgehead atoms. The maximum absolute atomic E-state index is 12.2. The number of hydrogen-bond donors (Lipinski definition) is 2. The molecular formula is C19H15ClN2O3S. The van der Waals surface area contributed by atoms with Gasteiger partial charge >= 0.3 is 0 Å². The van der Waals surface area contributed by atoms with Crippen LogP contribution in [0.5, 0.6) is 0 Å². The smallest absolute Gasteiger partial charge is 0.266 e. The van der Waals surface area contributed by atoms with Crippen molar-refractivity contribution in [2.75, 3.05) is 0 Å². The van der Waals surface area contributed by atoms with Gasteiger partial charge in [0, 0.05) is 10.6 Å². The third-order valence-corrected chi connectivity index (χ3v) is 5.19. The molecule has 0 saturated heterocycles. The molecule has 7 heteroatoms. The van der Waals surface area contributed by atoms with Crippen molar-refractivity contribution in [1.29, 1.82) is 0 Å². The average molecular weight is 387 g/mol. The van der Waals surface area contributed by atoms with Gasteiger partial charge in [0.25, 0.3) is 15.9 Å². The van der Waals surface area contributed by atoms with E-state index in [1.54, 1.807) is 24.3 Å². The third-order valence-electron chi connectivity index (χ3n) is 3.68. The summed E-state index contributed by atoms with van der Waals surface area (Å²) in [6.07, 6.45) is 0. The van der Waals surface area contributed by atoms with E-state index in [1.165, 1.54) is 24.3 Å². The summed E-state index contributed by atoms with van der Waals surface area (Å²) >= 11 is 5.74. The lowest BCUT2D eigenvalue weighted by Gasteiger charge is -2.09. The van der Waals surface area contributed by atoms with Gasteiger partial charge < -0.3 is 0 Å². The van der Waals surface area contributed by atoms with Gasteiger partial charge in [-0.2, -0.15) is 0 Å². The van der Waals surface area contributed by atoms with Gasteiger partial charge in [-0.05, 0) is 47.5 Å². The molecule has 1 amide bonds. The molecule has 0 saturated carbocycles. The van der Waals surface area contributed by atoms with E-state index in [9.17, 15) is 13.2 Å². The van der Waals surface area contributed by atoms with E-state index in [1.807, 2.05) is 30.3 Å². The highest BCUT2D eigenvalue weighted by Crippen LogP contribution is 2.19. The Morgan fingerprint density at radius 1 is 0.769 bits per heavy atom. The van der Waals surface area contributed by atoms with Crippen LogP contribution in [-0.2, 0) is 10.0 Å². The highest BCUT2D eigenvalue weighted by Gasteiger charge is 2.15. The number of benzene rings is 3. The average Bonchev–Trinajstić information content (AvgIpc) is 2.67. The monoisotopic (exact) mass is 386 g/mol. The van der Waals surface area contributed by atoms with Crippen molar-refractivity contribution >= 4 is 27.5 Å². The summed E-state index contributed by atoms with van der Waals surface area (Å²) in [5, 5.41) is 0.423. The van der Waals surface area contributed by atoms with Crippen LogP contribution >= 0.6 is 11.6 Å². The molecule has 132 valence electrons. The molecule has 0 aromatic heterocycles. The van der Waals surface area contributed by atoms with Crippen molar-refractivity contribution in [1.82, 2.24) is 10.3 Å². The first kappa shape index (κ1) is 18.1. The van der Waals surface area contributed by atoms with Gasteiger partial charge in [-0.1, -0.05) is 54.1 Å². The molecule has 0 atom stereocenters. The van der Waals surface area contributed by atoms with E-state index in [0.717, 1.165) is 11.1 Å². The molecule has 0 fully saturated rings. The van der Waals surface area contributed by atoms with Crippen LogP contribution in [0.2, 0.25) is 5.02 Å². The van der Waals surface area contributed by atoms with Crippen LogP contribution in [0.4, 0.5) is 0 Å². The lowest BCUT2D eigenvalue weighted by molar-refractivity contribution is 0.0945. The Balaban J connectivity index is 1.67. The second kappa shape index (κ2) is 7.70. The van der Waals surface area contributed by atoms with Crippen LogP contribution in [0.3, 0.4) is 0 Å². The Morgan fingerprint density at radius 2 is 1.35 bits per heavy atom. The van der Waals surface area contributed by atoms with E-state index in [2.05, 4.69) is 10.3 Å². The Morgan fingerprint density at radius 3 is 1.96 bits per heavy atom. The number of sulfonamides is 1. The minimum atomic E-state index is -3.87. The predicted molar refractivity (Wildman–Crippen MR) is 101 cm³/mol. The summed E-state index contributed by atoms with van der Waals surface area (Å²) in [4.78, 5) is 14.2. The summed E-state index contributed by atoms with van der Waals surface area (Å²) in [5.74, 6) is -0.554. The third kappa shape index (κ3) is 4.29. The quantitative estimate of drug-likeness (QED) is 0.657. The standard InChI is InChI=1S/C19H15ClN2O3S/c20-17-10-12-18(13-11-17)26(24,25)22-21-19(23)16-8-6-15(7-9-16)14-4-2-1-3-5-14/h1-13,22H,(H,21,23). The van der Waals surface area contributed by atoms with Gasteiger partial charge in [0.2, 0.25) is 0 Å². The fourth-order valence-corrected chi connectivity index (χ4v) is 3.27. The summed E-state index contributed by atoms with van der Waals surface area (Å²) in [6, 6.07) is 22.2. The molecule has 26 heavy (non-hydrogen) atoms. The molecule has 0 aliphatic heterocycles. The van der Waals surface area contributed by atoms with Crippen molar-refractivity contribution < 1.29 is 13.2 Å². The van der Waals surface area contributed by atoms with E-state index in [4.69, 9.17) is 11.6 Å². The zero-order chi connectivity index (χ0) is 18.6. The lowest BCUT2D eigenvalue weighted by atomic mass is 10.0. The molecule has 3 aromatic rings. The SMILES string of the molecule is O=C(NNS(=O)(=O)c1ccc(Cl)cc1)c1ccc(-c2ccccc2)cc1. The molecule has 5 nitrogen and oxygen atoms in total. The van der Waals surface area contributed by atoms with Crippen molar-refractivity contribution in [2.45, 2.75) is 4.90 Å². The maximum Gasteiger partial charge on any atom is 0.266 e. The minimum absolute atomic E-state index is 0.00151. The molecule has 3 aromatic carbocycles. The number of hydrogen-bond acceptors (Lipinski definition) is 3. The number of nitrogens with one attached hydrogen (secondary N) is 2. The Bertz CT molecular complexity index is 1000. The molecule has 0 aliphatic rings. The van der Waals surface area contributed by atoms with Crippen LogP contribution in [0, 0.1) is 0 Å². The van der Waals surface area contributed by atoms with Gasteiger partial charge in [-0.25, -0.2) is 8.42 Å².